The molecule has 0 aliphatic carbocycles. The van der Waals surface area contributed by atoms with E-state index in [-0.39, 0.29) is 23.8 Å². The maximum atomic E-state index is 12.1. The van der Waals surface area contributed by atoms with Crippen LogP contribution >= 0.6 is 23.2 Å². The first-order chi connectivity index (χ1) is 10.4. The molecule has 1 heterocycles. The summed E-state index contributed by atoms with van der Waals surface area (Å²) < 4.78 is 0. The minimum absolute atomic E-state index is 0.0518. The molecule has 2 amide bonds. The lowest BCUT2D eigenvalue weighted by atomic mass is 10.1. The molecule has 1 N–H and O–H groups in total. The van der Waals surface area contributed by atoms with Crippen molar-refractivity contribution in [3.63, 3.8) is 0 Å². The van der Waals surface area contributed by atoms with Crippen molar-refractivity contribution in [2.24, 2.45) is 5.92 Å². The van der Waals surface area contributed by atoms with Crippen LogP contribution in [0.5, 0.6) is 0 Å². The zero-order valence-corrected chi connectivity index (χ0v) is 14.2. The maximum Gasteiger partial charge on any atom is 0.225 e. The number of nitrogens with one attached hydrogen (secondary N) is 1. The van der Waals surface area contributed by atoms with Crippen LogP contribution in [0.1, 0.15) is 25.8 Å². The molecule has 1 fully saturated rings. The predicted octanol–water partition coefficient (Wildman–Crippen LogP) is 2.91. The summed E-state index contributed by atoms with van der Waals surface area (Å²) in [4.78, 5) is 25.7. The first-order valence-corrected chi connectivity index (χ1v) is 8.15. The lowest BCUT2D eigenvalue weighted by Gasteiger charge is -2.20. The number of nitrogens with zero attached hydrogens (tertiary/aromatic N) is 1. The smallest absolute Gasteiger partial charge is 0.225 e. The normalized spacial score (nSPS) is 18.1. The number of carbonyl (C=O) groups is 2. The van der Waals surface area contributed by atoms with Crippen LogP contribution in [0.25, 0.3) is 0 Å². The van der Waals surface area contributed by atoms with E-state index in [0.717, 1.165) is 5.56 Å². The molecule has 1 aliphatic rings. The quantitative estimate of drug-likeness (QED) is 0.894. The Morgan fingerprint density at radius 2 is 2.14 bits per heavy atom. The molecule has 2 rings (SSSR count). The minimum Gasteiger partial charge on any atom is -0.355 e. The third-order valence-corrected chi connectivity index (χ3v) is 4.45. The first-order valence-electron chi connectivity index (χ1n) is 7.39. The molecule has 1 atom stereocenters. The van der Waals surface area contributed by atoms with Crippen molar-refractivity contribution in [1.29, 1.82) is 0 Å². The summed E-state index contributed by atoms with van der Waals surface area (Å²) in [6.45, 7) is 4.91. The van der Waals surface area contributed by atoms with Gasteiger partial charge in [-0.2, -0.15) is 0 Å². The summed E-state index contributed by atoms with van der Waals surface area (Å²) in [5.41, 5.74) is 0.942. The van der Waals surface area contributed by atoms with Gasteiger partial charge in [0.2, 0.25) is 11.8 Å². The SMILES string of the molecule is CC(C)N1C[C@H](C(=O)NCCc2ccc(Cl)cc2Cl)CC1=O. The van der Waals surface area contributed by atoms with Crippen molar-refractivity contribution >= 4 is 35.0 Å². The highest BCUT2D eigenvalue weighted by Crippen LogP contribution is 2.22. The summed E-state index contributed by atoms with van der Waals surface area (Å²) in [5.74, 6) is -0.270. The Hall–Kier alpha value is -1.26. The summed E-state index contributed by atoms with van der Waals surface area (Å²) in [7, 11) is 0. The molecule has 6 heteroatoms. The highest BCUT2D eigenvalue weighted by molar-refractivity contribution is 6.35. The Bertz CT molecular complexity index is 575. The van der Waals surface area contributed by atoms with Gasteiger partial charge in [-0.1, -0.05) is 29.3 Å². The molecular weight excluding hydrogens is 323 g/mol. The molecule has 0 spiro atoms. The van der Waals surface area contributed by atoms with E-state index in [2.05, 4.69) is 5.32 Å². The third kappa shape index (κ3) is 4.14. The van der Waals surface area contributed by atoms with E-state index in [1.807, 2.05) is 19.9 Å². The van der Waals surface area contributed by atoms with Gasteiger partial charge in [0.15, 0.2) is 0 Å². The average Bonchev–Trinajstić information content (AvgIpc) is 2.83. The fourth-order valence-electron chi connectivity index (χ4n) is 2.60. The van der Waals surface area contributed by atoms with Gasteiger partial charge >= 0.3 is 0 Å². The van der Waals surface area contributed by atoms with Gasteiger partial charge in [0, 0.05) is 35.6 Å². The fraction of sp³-hybridized carbons (Fsp3) is 0.500. The molecule has 4 nitrogen and oxygen atoms in total. The van der Waals surface area contributed by atoms with E-state index in [1.165, 1.54) is 0 Å². The summed E-state index contributed by atoms with van der Waals surface area (Å²) >= 11 is 11.9. The second-order valence-electron chi connectivity index (χ2n) is 5.82. The third-order valence-electron chi connectivity index (χ3n) is 3.86. The van der Waals surface area contributed by atoms with Crippen molar-refractivity contribution < 1.29 is 9.59 Å². The first kappa shape index (κ1) is 17.1. The van der Waals surface area contributed by atoms with Crippen LogP contribution in [0.4, 0.5) is 0 Å². The molecule has 1 saturated heterocycles. The summed E-state index contributed by atoms with van der Waals surface area (Å²) in [5, 5.41) is 4.08. The topological polar surface area (TPSA) is 49.4 Å². The zero-order chi connectivity index (χ0) is 16.3. The van der Waals surface area contributed by atoms with Crippen molar-refractivity contribution in [2.45, 2.75) is 32.7 Å². The second kappa shape index (κ2) is 7.34. The van der Waals surface area contributed by atoms with Gasteiger partial charge in [0.05, 0.1) is 5.92 Å². The molecule has 0 bridgehead atoms. The Kier molecular flexibility index (Phi) is 5.70. The lowest BCUT2D eigenvalue weighted by molar-refractivity contribution is -0.129. The van der Waals surface area contributed by atoms with Crippen LogP contribution in [0.3, 0.4) is 0 Å². The van der Waals surface area contributed by atoms with Crippen molar-refractivity contribution in [3.05, 3.63) is 33.8 Å². The Balaban J connectivity index is 1.82. The molecule has 0 aromatic heterocycles. The van der Waals surface area contributed by atoms with Gasteiger partial charge in [-0.25, -0.2) is 0 Å². The molecular formula is C16H20Cl2N2O2. The van der Waals surface area contributed by atoms with E-state index in [1.54, 1.807) is 17.0 Å². The van der Waals surface area contributed by atoms with E-state index >= 15 is 0 Å². The zero-order valence-electron chi connectivity index (χ0n) is 12.7. The van der Waals surface area contributed by atoms with Crippen LogP contribution in [0.2, 0.25) is 10.0 Å². The van der Waals surface area contributed by atoms with Crippen molar-refractivity contribution in [2.75, 3.05) is 13.1 Å². The summed E-state index contributed by atoms with van der Waals surface area (Å²) in [6, 6.07) is 5.46. The van der Waals surface area contributed by atoms with Gasteiger partial charge in [0.1, 0.15) is 0 Å². The van der Waals surface area contributed by atoms with Crippen LogP contribution in [0, 0.1) is 5.92 Å². The molecule has 0 radical (unpaired) electrons. The van der Waals surface area contributed by atoms with Gasteiger partial charge in [-0.3, -0.25) is 9.59 Å². The molecule has 120 valence electrons. The van der Waals surface area contributed by atoms with Gasteiger partial charge in [0.25, 0.3) is 0 Å². The highest BCUT2D eigenvalue weighted by Gasteiger charge is 2.35. The number of carbonyl (C=O) groups excluding carboxylic acids is 2. The van der Waals surface area contributed by atoms with Crippen LogP contribution in [-0.2, 0) is 16.0 Å². The van der Waals surface area contributed by atoms with E-state index in [0.29, 0.717) is 36.0 Å². The molecule has 0 unspecified atom stereocenters. The molecule has 1 aliphatic heterocycles. The monoisotopic (exact) mass is 342 g/mol. The van der Waals surface area contributed by atoms with Crippen LogP contribution < -0.4 is 5.32 Å². The molecule has 0 saturated carbocycles. The molecule has 1 aromatic rings. The Morgan fingerprint density at radius 1 is 1.41 bits per heavy atom. The largest absolute Gasteiger partial charge is 0.355 e. The van der Waals surface area contributed by atoms with Gasteiger partial charge < -0.3 is 10.2 Å². The van der Waals surface area contributed by atoms with E-state index in [9.17, 15) is 9.59 Å². The number of amides is 2. The highest BCUT2D eigenvalue weighted by atomic mass is 35.5. The standard InChI is InChI=1S/C16H20Cl2N2O2/c1-10(2)20-9-12(7-15(20)21)16(22)19-6-5-11-3-4-13(17)8-14(11)18/h3-4,8,10,12H,5-7,9H2,1-2H3,(H,19,22)/t12-/m1/s1. The minimum atomic E-state index is -0.254. The van der Waals surface area contributed by atoms with Crippen molar-refractivity contribution in [3.8, 4) is 0 Å². The molecule has 22 heavy (non-hydrogen) atoms. The number of hydrogen-bond donors (Lipinski definition) is 1. The van der Waals surface area contributed by atoms with Gasteiger partial charge in [-0.15, -0.1) is 0 Å². The average molecular weight is 343 g/mol. The predicted molar refractivity (Wildman–Crippen MR) is 88.1 cm³/mol. The number of hydrogen-bond acceptors (Lipinski definition) is 2. The number of rotatable bonds is 5. The summed E-state index contributed by atoms with van der Waals surface area (Å²) in [6.07, 6.45) is 0.933. The van der Waals surface area contributed by atoms with E-state index < -0.39 is 0 Å². The van der Waals surface area contributed by atoms with Gasteiger partial charge in [-0.05, 0) is 38.0 Å². The lowest BCUT2D eigenvalue weighted by Crippen LogP contribution is -2.36. The number of halogens is 2. The Morgan fingerprint density at radius 3 is 2.73 bits per heavy atom. The fourth-order valence-corrected chi connectivity index (χ4v) is 3.10. The van der Waals surface area contributed by atoms with Crippen LogP contribution in [-0.4, -0.2) is 35.8 Å². The second-order valence-corrected chi connectivity index (χ2v) is 6.66. The number of benzene rings is 1. The number of likely N-dealkylation sites (tertiary alicyclic amines) is 1. The molecule has 1 aromatic carbocycles. The van der Waals surface area contributed by atoms with E-state index in [4.69, 9.17) is 23.2 Å². The van der Waals surface area contributed by atoms with Crippen molar-refractivity contribution in [1.82, 2.24) is 10.2 Å². The Labute approximate surface area is 140 Å². The maximum absolute atomic E-state index is 12.1. The van der Waals surface area contributed by atoms with Crippen LogP contribution in [0.15, 0.2) is 18.2 Å².